The van der Waals surface area contributed by atoms with Crippen molar-refractivity contribution in [3.63, 3.8) is 0 Å². The molecule has 1 fully saturated rings. The first kappa shape index (κ1) is 35.1. The molecular formula is C38H46N4O5S. The molecule has 2 heterocycles. The number of amides is 1. The number of aromatic nitrogens is 2. The number of carbonyl (C=O) groups excluding carboxylic acids is 1. The normalized spacial score (nSPS) is 13.9. The van der Waals surface area contributed by atoms with Gasteiger partial charge in [0.05, 0.1) is 48.4 Å². The fraction of sp³-hybridized carbons (Fsp3) is 0.368. The number of carbonyl (C=O) groups is 1. The van der Waals surface area contributed by atoms with Crippen LogP contribution in [0, 0.1) is 0 Å². The Bertz CT molecular complexity index is 1650. The molecule has 1 aliphatic heterocycles. The number of nitrogens with zero attached hydrogens (tertiary/aromatic N) is 3. The number of hydrogen-bond acceptors (Lipinski definition) is 7. The molecule has 5 rings (SSSR count). The number of anilines is 2. The summed E-state index contributed by atoms with van der Waals surface area (Å²) in [6, 6.07) is 21.6. The molecular weight excluding hydrogens is 625 g/mol. The van der Waals surface area contributed by atoms with Gasteiger partial charge in [0.15, 0.2) is 0 Å². The fourth-order valence-electron chi connectivity index (χ4n) is 5.44. The van der Waals surface area contributed by atoms with Crippen LogP contribution >= 0.6 is 0 Å². The molecule has 3 aromatic carbocycles. The van der Waals surface area contributed by atoms with Crippen molar-refractivity contribution in [1.82, 2.24) is 9.55 Å². The summed E-state index contributed by atoms with van der Waals surface area (Å²) in [5.41, 5.74) is 5.69. The minimum atomic E-state index is -1.22. The Morgan fingerprint density at radius 2 is 1.73 bits per heavy atom. The van der Waals surface area contributed by atoms with Gasteiger partial charge in [-0.3, -0.25) is 9.00 Å². The van der Waals surface area contributed by atoms with E-state index in [0.29, 0.717) is 42.8 Å². The lowest BCUT2D eigenvalue weighted by Crippen LogP contribution is -2.36. The van der Waals surface area contributed by atoms with Gasteiger partial charge < -0.3 is 29.0 Å². The highest BCUT2D eigenvalue weighted by atomic mass is 32.2. The van der Waals surface area contributed by atoms with Gasteiger partial charge >= 0.3 is 0 Å². The smallest absolute Gasteiger partial charge is 0.248 e. The fourth-order valence-corrected chi connectivity index (χ4v) is 6.55. The number of imidazole rings is 1. The maximum absolute atomic E-state index is 13.0. The van der Waals surface area contributed by atoms with E-state index in [4.69, 9.17) is 14.2 Å². The Morgan fingerprint density at radius 3 is 2.48 bits per heavy atom. The number of benzene rings is 3. The van der Waals surface area contributed by atoms with Crippen LogP contribution in [0.2, 0.25) is 0 Å². The molecule has 4 aromatic rings. The number of morpholine rings is 1. The molecule has 1 aliphatic rings. The van der Waals surface area contributed by atoms with Gasteiger partial charge in [-0.15, -0.1) is 0 Å². The topological polar surface area (TPSA) is 94.9 Å². The standard InChI is InChI=1S/C38H46N4O5S/c1-3-5-21-45-24-25-47-35-12-6-30(7-13-35)31-8-16-37(41-19-22-46-23-20-41)32(26-31)9-17-38(43)40-33-10-14-36(15-11-33)48(44)28-34-27-39-29-42(34)18-4-2/h6-17,26-27,29H,3-5,18-25,28H2,1-2H3,(H,40,43)/b17-9+. The molecule has 1 amide bonds. The van der Waals surface area contributed by atoms with Crippen molar-refractivity contribution >= 4 is 34.2 Å². The SMILES string of the molecule is CCCCOCCOc1ccc(-c2ccc(N3CCOCC3)c(/C=C/C(=O)Nc3ccc(S(=O)Cc4cncn4CCC)cc3)c2)cc1. The molecule has 1 N–H and O–H groups in total. The number of aryl methyl sites for hydroxylation is 1. The maximum atomic E-state index is 13.0. The van der Waals surface area contributed by atoms with E-state index >= 15 is 0 Å². The average Bonchev–Trinajstić information content (AvgIpc) is 3.56. The lowest BCUT2D eigenvalue weighted by molar-refractivity contribution is -0.111. The molecule has 0 radical (unpaired) electrons. The molecule has 1 atom stereocenters. The summed E-state index contributed by atoms with van der Waals surface area (Å²) in [6.45, 7) is 9.87. The highest BCUT2D eigenvalue weighted by Gasteiger charge is 2.15. The van der Waals surface area contributed by atoms with Crippen LogP contribution in [-0.4, -0.2) is 65.8 Å². The van der Waals surface area contributed by atoms with E-state index in [0.717, 1.165) is 79.3 Å². The van der Waals surface area contributed by atoms with Crippen LogP contribution in [0.5, 0.6) is 5.75 Å². The molecule has 1 unspecified atom stereocenters. The van der Waals surface area contributed by atoms with Gasteiger partial charge in [-0.2, -0.15) is 0 Å². The molecule has 0 spiro atoms. The zero-order valence-electron chi connectivity index (χ0n) is 27.9. The van der Waals surface area contributed by atoms with Crippen LogP contribution in [0.4, 0.5) is 11.4 Å². The highest BCUT2D eigenvalue weighted by molar-refractivity contribution is 7.84. The summed E-state index contributed by atoms with van der Waals surface area (Å²) >= 11 is 0. The molecule has 0 aliphatic carbocycles. The zero-order chi connectivity index (χ0) is 33.6. The van der Waals surface area contributed by atoms with Crippen molar-refractivity contribution < 1.29 is 23.2 Å². The van der Waals surface area contributed by atoms with Crippen LogP contribution in [0.3, 0.4) is 0 Å². The van der Waals surface area contributed by atoms with Crippen molar-refractivity contribution in [1.29, 1.82) is 0 Å². The predicted molar refractivity (Wildman–Crippen MR) is 193 cm³/mol. The number of unbranched alkanes of at least 4 members (excludes halogenated alkanes) is 1. The van der Waals surface area contributed by atoms with Gasteiger partial charge in [0.25, 0.3) is 0 Å². The average molecular weight is 671 g/mol. The molecule has 254 valence electrons. The molecule has 10 heteroatoms. The number of nitrogens with one attached hydrogen (secondary N) is 1. The zero-order valence-corrected chi connectivity index (χ0v) is 28.8. The second-order valence-electron chi connectivity index (χ2n) is 11.6. The van der Waals surface area contributed by atoms with Gasteiger partial charge in [0.1, 0.15) is 12.4 Å². The lowest BCUT2D eigenvalue weighted by atomic mass is 10.0. The summed E-state index contributed by atoms with van der Waals surface area (Å²) < 4.78 is 32.1. The maximum Gasteiger partial charge on any atom is 0.248 e. The first-order chi connectivity index (χ1) is 23.5. The van der Waals surface area contributed by atoms with Crippen LogP contribution in [-0.2, 0) is 37.4 Å². The molecule has 1 saturated heterocycles. The van der Waals surface area contributed by atoms with Gasteiger partial charge in [-0.05, 0) is 84.1 Å². The second kappa shape index (κ2) is 18.3. The Balaban J connectivity index is 1.23. The van der Waals surface area contributed by atoms with E-state index in [-0.39, 0.29) is 5.91 Å². The van der Waals surface area contributed by atoms with E-state index in [9.17, 15) is 9.00 Å². The van der Waals surface area contributed by atoms with Gasteiger partial charge in [-0.25, -0.2) is 4.98 Å². The number of ether oxygens (including phenoxy) is 3. The second-order valence-corrected chi connectivity index (χ2v) is 13.1. The summed E-state index contributed by atoms with van der Waals surface area (Å²) in [6.07, 6.45) is 10.1. The van der Waals surface area contributed by atoms with Gasteiger partial charge in [0.2, 0.25) is 5.91 Å². The molecule has 1 aromatic heterocycles. The molecule has 0 saturated carbocycles. The van der Waals surface area contributed by atoms with Gasteiger partial charge in [0, 0.05) is 54.8 Å². The van der Waals surface area contributed by atoms with E-state index in [1.807, 2.05) is 34.9 Å². The van der Waals surface area contributed by atoms with Crippen LogP contribution in [0.25, 0.3) is 17.2 Å². The van der Waals surface area contributed by atoms with Crippen LogP contribution in [0.15, 0.2) is 90.2 Å². The minimum absolute atomic E-state index is 0.245. The summed E-state index contributed by atoms with van der Waals surface area (Å²) in [7, 11) is -1.22. The molecule has 48 heavy (non-hydrogen) atoms. The van der Waals surface area contributed by atoms with Crippen LogP contribution < -0.4 is 15.0 Å². The van der Waals surface area contributed by atoms with Crippen molar-refractivity contribution in [2.24, 2.45) is 0 Å². The Morgan fingerprint density at radius 1 is 0.958 bits per heavy atom. The third-order valence-corrected chi connectivity index (χ3v) is 9.40. The predicted octanol–water partition coefficient (Wildman–Crippen LogP) is 6.95. The largest absolute Gasteiger partial charge is 0.491 e. The van der Waals surface area contributed by atoms with E-state index in [1.165, 1.54) is 0 Å². The summed E-state index contributed by atoms with van der Waals surface area (Å²) in [4.78, 5) is 20.2. The van der Waals surface area contributed by atoms with Crippen molar-refractivity contribution in [3.05, 3.63) is 96.6 Å². The van der Waals surface area contributed by atoms with Crippen molar-refractivity contribution in [2.75, 3.05) is 56.3 Å². The summed E-state index contributed by atoms with van der Waals surface area (Å²) in [5, 5.41) is 2.94. The number of rotatable bonds is 17. The highest BCUT2D eigenvalue weighted by Crippen LogP contribution is 2.30. The molecule has 9 nitrogen and oxygen atoms in total. The Labute approximate surface area is 286 Å². The molecule has 0 bridgehead atoms. The van der Waals surface area contributed by atoms with E-state index < -0.39 is 10.8 Å². The first-order valence-corrected chi connectivity index (χ1v) is 18.1. The third-order valence-electron chi connectivity index (χ3n) is 8.05. The van der Waals surface area contributed by atoms with Crippen molar-refractivity contribution in [2.45, 2.75) is 50.3 Å². The first-order valence-electron chi connectivity index (χ1n) is 16.8. The summed E-state index contributed by atoms with van der Waals surface area (Å²) in [5.74, 6) is 0.954. The van der Waals surface area contributed by atoms with E-state index in [2.05, 4.69) is 47.2 Å². The Kier molecular flexibility index (Phi) is 13.4. The number of hydrogen-bond donors (Lipinski definition) is 1. The van der Waals surface area contributed by atoms with Crippen molar-refractivity contribution in [3.8, 4) is 16.9 Å². The third kappa shape index (κ3) is 10.1. The van der Waals surface area contributed by atoms with E-state index in [1.54, 1.807) is 42.9 Å². The quantitative estimate of drug-likeness (QED) is 0.0960. The van der Waals surface area contributed by atoms with Gasteiger partial charge in [-0.1, -0.05) is 38.5 Å². The van der Waals surface area contributed by atoms with Crippen LogP contribution in [0.1, 0.15) is 44.4 Å². The Hall–Kier alpha value is -4.25. The monoisotopic (exact) mass is 670 g/mol. The minimum Gasteiger partial charge on any atom is -0.491 e. The lowest BCUT2D eigenvalue weighted by Gasteiger charge is -2.30.